The van der Waals surface area contributed by atoms with Crippen molar-refractivity contribution in [3.8, 4) is 11.5 Å². The molecule has 210 valence electrons. The molecule has 40 heavy (non-hydrogen) atoms. The van der Waals surface area contributed by atoms with Crippen LogP contribution < -0.4 is 11.1 Å². The molecule has 1 saturated heterocycles. The maximum absolute atomic E-state index is 13.3. The minimum Gasteiger partial charge on any atom is -0.444 e. The van der Waals surface area contributed by atoms with E-state index in [1.165, 1.54) is 12.8 Å². The number of nitrogens with two attached hydrogens (primary N) is 1. The lowest BCUT2D eigenvalue weighted by atomic mass is 10.0. The molecule has 0 spiro atoms. The lowest BCUT2D eigenvalue weighted by Gasteiger charge is -2.37. The van der Waals surface area contributed by atoms with Crippen LogP contribution in [-0.2, 0) is 18.3 Å². The number of benzene rings is 1. The zero-order valence-electron chi connectivity index (χ0n) is 23.6. The summed E-state index contributed by atoms with van der Waals surface area (Å²) in [5.74, 6) is 1.31. The van der Waals surface area contributed by atoms with E-state index in [2.05, 4.69) is 31.6 Å². The van der Waals surface area contributed by atoms with E-state index in [0.717, 1.165) is 40.1 Å². The van der Waals surface area contributed by atoms with Crippen LogP contribution in [0.1, 0.15) is 50.4 Å². The van der Waals surface area contributed by atoms with Gasteiger partial charge in [-0.25, -0.2) is 14.8 Å². The molecule has 1 saturated carbocycles. The maximum Gasteiger partial charge on any atom is 0.410 e. The van der Waals surface area contributed by atoms with Crippen molar-refractivity contribution < 1.29 is 14.3 Å². The van der Waals surface area contributed by atoms with Crippen LogP contribution in [0.2, 0.25) is 0 Å². The number of rotatable bonds is 5. The number of carbonyl (C=O) groups is 2. The van der Waals surface area contributed by atoms with E-state index >= 15 is 0 Å². The lowest BCUT2D eigenvalue weighted by Crippen LogP contribution is -2.57. The van der Waals surface area contributed by atoms with E-state index in [0.29, 0.717) is 31.0 Å². The Morgan fingerprint density at radius 3 is 2.70 bits per heavy atom. The van der Waals surface area contributed by atoms with Crippen LogP contribution in [0.4, 0.5) is 4.79 Å². The average Bonchev–Trinajstić information content (AvgIpc) is 3.56. The molecule has 2 fully saturated rings. The zero-order valence-corrected chi connectivity index (χ0v) is 23.6. The van der Waals surface area contributed by atoms with Crippen molar-refractivity contribution in [2.24, 2.45) is 18.7 Å². The summed E-state index contributed by atoms with van der Waals surface area (Å²) in [6.07, 6.45) is 4.49. The Hall–Kier alpha value is -3.92. The minimum absolute atomic E-state index is 0.218. The van der Waals surface area contributed by atoms with E-state index in [4.69, 9.17) is 15.5 Å². The van der Waals surface area contributed by atoms with Gasteiger partial charge in [-0.2, -0.15) is 0 Å². The summed E-state index contributed by atoms with van der Waals surface area (Å²) in [7, 11) is 2.01. The average molecular weight is 544 g/mol. The van der Waals surface area contributed by atoms with E-state index in [1.807, 2.05) is 58.3 Å². The van der Waals surface area contributed by atoms with Gasteiger partial charge in [-0.05, 0) is 82.3 Å². The first-order valence-corrected chi connectivity index (χ1v) is 14.0. The number of hydrogen-bond donors (Lipinski definition) is 2. The van der Waals surface area contributed by atoms with Crippen LogP contribution in [0.15, 0.2) is 42.6 Å². The van der Waals surface area contributed by atoms with Gasteiger partial charge in [0, 0.05) is 55.9 Å². The second kappa shape index (κ2) is 9.92. The molecule has 3 aromatic heterocycles. The minimum atomic E-state index is -0.600. The number of nitrogens with zero attached hydrogens (tertiary/aromatic N) is 5. The Morgan fingerprint density at radius 1 is 1.15 bits per heavy atom. The van der Waals surface area contributed by atoms with Crippen LogP contribution in [0.25, 0.3) is 33.6 Å². The van der Waals surface area contributed by atoms with Crippen molar-refractivity contribution in [2.45, 2.75) is 64.3 Å². The van der Waals surface area contributed by atoms with E-state index < -0.39 is 11.7 Å². The number of hydrogen-bond acceptors (Lipinski definition) is 6. The standard InChI is InChI=1S/C30H37N7O3/c1-30(2,3)40-29(39)36-16-21(31)14-22(17-36)33-28(38)20-9-10-24-23(12-20)34-27(35(24)4)25-13-19-6-5-11-32-26(19)37(25)15-18-7-8-18/h5-6,9-13,18,21-22H,7-8,14-17,31H2,1-4H3,(H,33,38)/t21-,22+/m1/s1. The van der Waals surface area contributed by atoms with E-state index in [9.17, 15) is 9.59 Å². The summed E-state index contributed by atoms with van der Waals surface area (Å²) in [5, 5.41) is 4.16. The zero-order chi connectivity index (χ0) is 28.2. The first-order valence-electron chi connectivity index (χ1n) is 14.0. The molecule has 0 radical (unpaired) electrons. The number of aromatic nitrogens is 4. The van der Waals surface area contributed by atoms with Crippen LogP contribution in [-0.4, -0.2) is 66.8 Å². The summed E-state index contributed by atoms with van der Waals surface area (Å²) in [4.78, 5) is 37.1. The highest BCUT2D eigenvalue weighted by Crippen LogP contribution is 2.36. The van der Waals surface area contributed by atoms with E-state index in [1.54, 1.807) is 4.90 Å². The number of imidazole rings is 1. The third kappa shape index (κ3) is 5.28. The van der Waals surface area contributed by atoms with Crippen molar-refractivity contribution in [1.82, 2.24) is 29.3 Å². The van der Waals surface area contributed by atoms with Gasteiger partial charge < -0.3 is 29.8 Å². The molecule has 0 bridgehead atoms. The predicted octanol–water partition coefficient (Wildman–Crippen LogP) is 4.07. The number of aryl methyl sites for hydroxylation is 1. The van der Waals surface area contributed by atoms with Gasteiger partial charge in [-0.1, -0.05) is 0 Å². The highest BCUT2D eigenvalue weighted by molar-refractivity contribution is 5.98. The predicted molar refractivity (Wildman–Crippen MR) is 154 cm³/mol. The highest BCUT2D eigenvalue weighted by atomic mass is 16.6. The quantitative estimate of drug-likeness (QED) is 0.392. The number of carbonyl (C=O) groups excluding carboxylic acids is 2. The molecule has 10 nitrogen and oxygen atoms in total. The molecule has 1 aliphatic heterocycles. The summed E-state index contributed by atoms with van der Waals surface area (Å²) in [5.41, 5.74) is 9.84. The molecule has 10 heteroatoms. The number of pyridine rings is 1. The molecule has 2 amide bonds. The van der Waals surface area contributed by atoms with Crippen LogP contribution >= 0.6 is 0 Å². The third-order valence-corrected chi connectivity index (χ3v) is 7.64. The maximum atomic E-state index is 13.3. The van der Waals surface area contributed by atoms with Crippen LogP contribution in [0, 0.1) is 5.92 Å². The monoisotopic (exact) mass is 543 g/mol. The number of piperidine rings is 1. The molecular formula is C30H37N7O3. The van der Waals surface area contributed by atoms with Gasteiger partial charge >= 0.3 is 6.09 Å². The fourth-order valence-corrected chi connectivity index (χ4v) is 5.57. The van der Waals surface area contributed by atoms with Gasteiger partial charge in [0.05, 0.1) is 16.7 Å². The summed E-state index contributed by atoms with van der Waals surface area (Å²) in [6, 6.07) is 11.3. The third-order valence-electron chi connectivity index (χ3n) is 7.64. The van der Waals surface area contributed by atoms with Crippen LogP contribution in [0.3, 0.4) is 0 Å². The Labute approximate surface area is 233 Å². The molecule has 3 N–H and O–H groups in total. The molecule has 1 aliphatic carbocycles. The molecule has 0 unspecified atom stereocenters. The van der Waals surface area contributed by atoms with Gasteiger partial charge in [0.2, 0.25) is 0 Å². The molecule has 6 rings (SSSR count). The summed E-state index contributed by atoms with van der Waals surface area (Å²) >= 11 is 0. The van der Waals surface area contributed by atoms with Gasteiger partial charge in [-0.3, -0.25) is 4.79 Å². The Balaban J connectivity index is 1.24. The van der Waals surface area contributed by atoms with E-state index in [-0.39, 0.29) is 18.0 Å². The smallest absolute Gasteiger partial charge is 0.410 e. The second-order valence-corrected chi connectivity index (χ2v) is 12.2. The lowest BCUT2D eigenvalue weighted by molar-refractivity contribution is 0.0167. The van der Waals surface area contributed by atoms with Crippen molar-refractivity contribution in [1.29, 1.82) is 0 Å². The van der Waals surface area contributed by atoms with Gasteiger partial charge in [0.25, 0.3) is 5.91 Å². The Kier molecular flexibility index (Phi) is 6.53. The Bertz CT molecular complexity index is 1590. The number of ether oxygens (including phenoxy) is 1. The van der Waals surface area contributed by atoms with Gasteiger partial charge in [-0.15, -0.1) is 0 Å². The van der Waals surface area contributed by atoms with Gasteiger partial charge in [0.1, 0.15) is 11.2 Å². The second-order valence-electron chi connectivity index (χ2n) is 12.2. The number of likely N-dealkylation sites (tertiary alicyclic amines) is 1. The fraction of sp³-hybridized carbons (Fsp3) is 0.467. The van der Waals surface area contributed by atoms with Crippen molar-refractivity contribution in [2.75, 3.05) is 13.1 Å². The molecule has 4 aromatic rings. The normalized spacial score (nSPS) is 19.8. The molecule has 4 heterocycles. The number of fused-ring (bicyclic) bond motifs is 2. The molecule has 2 aliphatic rings. The Morgan fingerprint density at radius 2 is 1.95 bits per heavy atom. The van der Waals surface area contributed by atoms with Crippen molar-refractivity contribution >= 4 is 34.1 Å². The first kappa shape index (κ1) is 26.3. The first-order chi connectivity index (χ1) is 19.1. The highest BCUT2D eigenvalue weighted by Gasteiger charge is 2.32. The largest absolute Gasteiger partial charge is 0.444 e. The topological polar surface area (TPSA) is 120 Å². The number of nitrogens with one attached hydrogen (secondary N) is 1. The molecular weight excluding hydrogens is 506 g/mol. The number of amides is 2. The van der Waals surface area contributed by atoms with Gasteiger partial charge in [0.15, 0.2) is 5.82 Å². The van der Waals surface area contributed by atoms with Crippen molar-refractivity contribution in [3.63, 3.8) is 0 Å². The van der Waals surface area contributed by atoms with Crippen molar-refractivity contribution in [3.05, 3.63) is 48.2 Å². The van der Waals surface area contributed by atoms with Crippen LogP contribution in [0.5, 0.6) is 0 Å². The summed E-state index contributed by atoms with van der Waals surface area (Å²) < 4.78 is 9.88. The molecule has 2 atom stereocenters. The fourth-order valence-electron chi connectivity index (χ4n) is 5.57. The SMILES string of the molecule is Cn1c(-c2cc3cccnc3n2CC2CC2)nc2cc(C(=O)N[C@H]3C[C@@H](N)CN(C(=O)OC(C)(C)C)C3)ccc21. The molecule has 1 aromatic carbocycles. The summed E-state index contributed by atoms with van der Waals surface area (Å²) in [6.45, 7) is 7.17.